The van der Waals surface area contributed by atoms with Crippen LogP contribution in [0.2, 0.25) is 0 Å². The molecular formula is C15H29N5O3S. The minimum atomic E-state index is -3.42. The lowest BCUT2D eigenvalue weighted by atomic mass is 9.97. The fourth-order valence-electron chi connectivity index (χ4n) is 3.84. The second-order valence-electron chi connectivity index (χ2n) is 7.26. The summed E-state index contributed by atoms with van der Waals surface area (Å²) in [5.41, 5.74) is 5.52. The van der Waals surface area contributed by atoms with E-state index >= 15 is 0 Å². The molecular weight excluding hydrogens is 330 g/mol. The van der Waals surface area contributed by atoms with Crippen molar-refractivity contribution in [3.63, 3.8) is 0 Å². The Kier molecular flexibility index (Phi) is 5.17. The molecule has 2 N–H and O–H groups in total. The zero-order chi connectivity index (χ0) is 17.4. The van der Waals surface area contributed by atoms with Gasteiger partial charge in [-0.1, -0.05) is 12.8 Å². The van der Waals surface area contributed by atoms with Crippen molar-refractivity contribution in [3.05, 3.63) is 0 Å². The van der Waals surface area contributed by atoms with E-state index in [0.29, 0.717) is 39.3 Å². The van der Waals surface area contributed by atoms with Gasteiger partial charge in [-0.05, 0) is 19.9 Å². The van der Waals surface area contributed by atoms with Crippen molar-refractivity contribution in [3.8, 4) is 0 Å². The van der Waals surface area contributed by atoms with Gasteiger partial charge < -0.3 is 15.5 Å². The molecule has 3 aliphatic rings. The molecule has 0 unspecified atom stereocenters. The largest absolute Gasteiger partial charge is 0.338 e. The van der Waals surface area contributed by atoms with Crippen LogP contribution < -0.4 is 5.73 Å². The Balaban J connectivity index is 1.57. The summed E-state index contributed by atoms with van der Waals surface area (Å²) in [7, 11) is -1.42. The van der Waals surface area contributed by atoms with E-state index < -0.39 is 15.7 Å². The highest BCUT2D eigenvalue weighted by Crippen LogP contribution is 2.29. The van der Waals surface area contributed by atoms with Crippen LogP contribution in [0.3, 0.4) is 0 Å². The minimum absolute atomic E-state index is 0.00311. The van der Waals surface area contributed by atoms with Crippen LogP contribution in [0.1, 0.15) is 25.7 Å². The summed E-state index contributed by atoms with van der Waals surface area (Å²) >= 11 is 0. The molecule has 0 atom stereocenters. The van der Waals surface area contributed by atoms with Crippen LogP contribution >= 0.6 is 0 Å². The third kappa shape index (κ3) is 3.45. The number of nitrogens with zero attached hydrogens (tertiary/aromatic N) is 4. The maximum atomic E-state index is 12.7. The fraction of sp³-hybridized carbons (Fsp3) is 0.933. The normalized spacial score (nSPS) is 27.5. The summed E-state index contributed by atoms with van der Waals surface area (Å²) in [5.74, 6) is -0.00311. The molecule has 0 aromatic rings. The van der Waals surface area contributed by atoms with Crippen molar-refractivity contribution in [1.82, 2.24) is 18.4 Å². The Morgan fingerprint density at radius 2 is 1.33 bits per heavy atom. The monoisotopic (exact) mass is 359 g/mol. The van der Waals surface area contributed by atoms with Gasteiger partial charge in [0.15, 0.2) is 0 Å². The molecule has 3 rings (SSSR count). The summed E-state index contributed by atoms with van der Waals surface area (Å²) in [5, 5.41) is 0. The summed E-state index contributed by atoms with van der Waals surface area (Å²) in [6.07, 6.45) is 3.48. The average Bonchev–Trinajstić information content (AvgIpc) is 3.03. The number of carbonyl (C=O) groups excluding carboxylic acids is 1. The molecule has 8 nitrogen and oxygen atoms in total. The first-order valence-corrected chi connectivity index (χ1v) is 10.2. The van der Waals surface area contributed by atoms with Crippen molar-refractivity contribution in [2.45, 2.75) is 31.2 Å². The number of hydrogen-bond donors (Lipinski definition) is 1. The van der Waals surface area contributed by atoms with Crippen LogP contribution in [0.5, 0.6) is 0 Å². The first kappa shape index (κ1) is 18.1. The predicted octanol–water partition coefficient (Wildman–Crippen LogP) is -1.11. The van der Waals surface area contributed by atoms with Gasteiger partial charge in [-0.2, -0.15) is 17.0 Å². The van der Waals surface area contributed by atoms with Crippen LogP contribution in [-0.4, -0.2) is 97.7 Å². The molecule has 1 saturated carbocycles. The van der Waals surface area contributed by atoms with E-state index in [1.807, 2.05) is 7.05 Å². The topological polar surface area (TPSA) is 90.2 Å². The maximum Gasteiger partial charge on any atom is 0.282 e. The molecule has 0 aromatic carbocycles. The number of piperazine rings is 2. The zero-order valence-corrected chi connectivity index (χ0v) is 15.3. The van der Waals surface area contributed by atoms with E-state index in [1.54, 1.807) is 9.21 Å². The van der Waals surface area contributed by atoms with Crippen LogP contribution in [-0.2, 0) is 15.0 Å². The summed E-state index contributed by atoms with van der Waals surface area (Å²) in [6, 6.07) is 0. The molecule has 0 aromatic heterocycles. The highest BCUT2D eigenvalue weighted by Gasteiger charge is 2.42. The maximum absolute atomic E-state index is 12.7. The number of rotatable bonds is 3. The minimum Gasteiger partial charge on any atom is -0.338 e. The Morgan fingerprint density at radius 3 is 1.83 bits per heavy atom. The van der Waals surface area contributed by atoms with Gasteiger partial charge in [0.2, 0.25) is 5.91 Å². The molecule has 0 spiro atoms. The second kappa shape index (κ2) is 6.87. The van der Waals surface area contributed by atoms with E-state index in [2.05, 4.69) is 4.90 Å². The van der Waals surface area contributed by atoms with Gasteiger partial charge >= 0.3 is 0 Å². The Morgan fingerprint density at radius 1 is 0.875 bits per heavy atom. The van der Waals surface area contributed by atoms with Crippen LogP contribution in [0.15, 0.2) is 0 Å². The number of carbonyl (C=O) groups is 1. The SMILES string of the molecule is CN1CCN(S(=O)(=O)N2CCN(C(=O)C3(N)CCCC3)CC2)CC1. The van der Waals surface area contributed by atoms with Crippen molar-refractivity contribution < 1.29 is 13.2 Å². The van der Waals surface area contributed by atoms with Gasteiger partial charge in [-0.25, -0.2) is 0 Å². The lowest BCUT2D eigenvalue weighted by Gasteiger charge is -2.40. The highest BCUT2D eigenvalue weighted by atomic mass is 32.2. The third-order valence-electron chi connectivity index (χ3n) is 5.56. The standard InChI is InChI=1S/C15H29N5O3S/c1-17-6-10-19(11-7-17)24(22,23)20-12-8-18(9-13-20)14(21)15(16)4-2-3-5-15/h2-13,16H2,1H3. The highest BCUT2D eigenvalue weighted by molar-refractivity contribution is 7.86. The lowest BCUT2D eigenvalue weighted by Crippen LogP contribution is -2.61. The molecule has 0 radical (unpaired) electrons. The lowest BCUT2D eigenvalue weighted by molar-refractivity contribution is -0.138. The van der Waals surface area contributed by atoms with E-state index in [-0.39, 0.29) is 5.91 Å². The Labute approximate surface area is 144 Å². The third-order valence-corrected chi connectivity index (χ3v) is 7.60. The first-order chi connectivity index (χ1) is 11.3. The Hall–Kier alpha value is -0.740. The predicted molar refractivity (Wildman–Crippen MR) is 91.5 cm³/mol. The number of nitrogens with two attached hydrogens (primary N) is 1. The molecule has 24 heavy (non-hydrogen) atoms. The van der Waals surface area contributed by atoms with Crippen molar-refractivity contribution in [2.75, 3.05) is 59.4 Å². The molecule has 2 heterocycles. The van der Waals surface area contributed by atoms with E-state index in [4.69, 9.17) is 5.73 Å². The molecule has 138 valence electrons. The van der Waals surface area contributed by atoms with E-state index in [0.717, 1.165) is 38.8 Å². The molecule has 9 heteroatoms. The van der Waals surface area contributed by atoms with Crippen molar-refractivity contribution in [2.24, 2.45) is 5.73 Å². The molecule has 2 aliphatic heterocycles. The molecule has 3 fully saturated rings. The van der Waals surface area contributed by atoms with Gasteiger partial charge in [0, 0.05) is 52.4 Å². The smallest absolute Gasteiger partial charge is 0.282 e. The molecule has 2 saturated heterocycles. The number of likely N-dealkylation sites (N-methyl/N-ethyl adjacent to an activating group) is 1. The quantitative estimate of drug-likeness (QED) is 0.690. The van der Waals surface area contributed by atoms with Gasteiger partial charge in [-0.3, -0.25) is 4.79 Å². The number of hydrogen-bond acceptors (Lipinski definition) is 5. The average molecular weight is 359 g/mol. The van der Waals surface area contributed by atoms with E-state index in [9.17, 15) is 13.2 Å². The van der Waals surface area contributed by atoms with Gasteiger partial charge in [0.25, 0.3) is 10.2 Å². The van der Waals surface area contributed by atoms with Crippen LogP contribution in [0.25, 0.3) is 0 Å². The van der Waals surface area contributed by atoms with Crippen LogP contribution in [0.4, 0.5) is 0 Å². The van der Waals surface area contributed by atoms with Crippen LogP contribution in [0, 0.1) is 0 Å². The second-order valence-corrected chi connectivity index (χ2v) is 9.19. The summed E-state index contributed by atoms with van der Waals surface area (Å²) in [6.45, 7) is 4.16. The van der Waals surface area contributed by atoms with Crippen molar-refractivity contribution in [1.29, 1.82) is 0 Å². The summed E-state index contributed by atoms with van der Waals surface area (Å²) < 4.78 is 28.6. The summed E-state index contributed by atoms with van der Waals surface area (Å²) in [4.78, 5) is 16.5. The fourth-order valence-corrected chi connectivity index (χ4v) is 5.41. The van der Waals surface area contributed by atoms with Gasteiger partial charge in [-0.15, -0.1) is 0 Å². The first-order valence-electron chi connectivity index (χ1n) is 8.85. The molecule has 0 bridgehead atoms. The van der Waals surface area contributed by atoms with Crippen molar-refractivity contribution >= 4 is 16.1 Å². The molecule has 1 aliphatic carbocycles. The van der Waals surface area contributed by atoms with Gasteiger partial charge in [0.1, 0.15) is 0 Å². The zero-order valence-electron chi connectivity index (χ0n) is 14.5. The number of amides is 1. The Bertz CT molecular complexity index is 560. The van der Waals surface area contributed by atoms with E-state index in [1.165, 1.54) is 4.31 Å². The molecule has 1 amide bonds. The van der Waals surface area contributed by atoms with Gasteiger partial charge in [0.05, 0.1) is 5.54 Å².